The topological polar surface area (TPSA) is 105 Å². The lowest BCUT2D eigenvalue weighted by Gasteiger charge is -2.25. The molecule has 166 valence electrons. The van der Waals surface area contributed by atoms with Crippen LogP contribution in [0.2, 0.25) is 0 Å². The van der Waals surface area contributed by atoms with Gasteiger partial charge in [-0.15, -0.1) is 0 Å². The van der Waals surface area contributed by atoms with Crippen molar-refractivity contribution in [2.75, 3.05) is 18.5 Å². The summed E-state index contributed by atoms with van der Waals surface area (Å²) in [6.45, 7) is 4.04. The number of carboxylic acid groups (broad SMARTS) is 1. The predicted molar refractivity (Wildman–Crippen MR) is 118 cm³/mol. The molecule has 0 unspecified atom stereocenters. The summed E-state index contributed by atoms with van der Waals surface area (Å²) >= 11 is 0. The van der Waals surface area contributed by atoms with Crippen molar-refractivity contribution in [1.82, 2.24) is 0 Å². The summed E-state index contributed by atoms with van der Waals surface area (Å²) in [5.74, 6) is -0.444. The Balaban J connectivity index is 2.11. The van der Waals surface area contributed by atoms with Gasteiger partial charge in [-0.05, 0) is 55.5 Å². The molecular formula is C24H29NO6. The first-order chi connectivity index (χ1) is 14.9. The first kappa shape index (κ1) is 24.0. The van der Waals surface area contributed by atoms with E-state index in [1.807, 2.05) is 38.1 Å². The third-order valence-electron chi connectivity index (χ3n) is 4.67. The van der Waals surface area contributed by atoms with E-state index in [4.69, 9.17) is 19.7 Å². The van der Waals surface area contributed by atoms with Crippen molar-refractivity contribution in [3.8, 4) is 5.75 Å². The zero-order valence-corrected chi connectivity index (χ0v) is 17.8. The van der Waals surface area contributed by atoms with E-state index < -0.39 is 18.2 Å². The van der Waals surface area contributed by atoms with Gasteiger partial charge < -0.3 is 19.7 Å². The molecule has 2 aromatic carbocycles. The summed E-state index contributed by atoms with van der Waals surface area (Å²) < 4.78 is 11.1. The minimum Gasteiger partial charge on any atom is -0.491 e. The monoisotopic (exact) mass is 427 g/mol. The Morgan fingerprint density at radius 2 is 1.77 bits per heavy atom. The van der Waals surface area contributed by atoms with Gasteiger partial charge in [-0.25, -0.2) is 9.59 Å². The number of anilines is 1. The molecule has 0 aliphatic carbocycles. The number of aliphatic hydroxyl groups is 1. The standard InChI is InChI=1S/C24H29NO6/c1-17-7-11-20(12-8-17)25-24(29)31-23(18(2)5-3-4-6-22(27)28)19-9-13-21(14-10-19)30-16-15-26/h4,6-14,18,23,26H,3,5,15-16H2,1-2H3,(H,25,29)(H,27,28)/b6-4+/t18-,23+/m1/s1. The molecule has 0 spiro atoms. The molecule has 0 aliphatic heterocycles. The highest BCUT2D eigenvalue weighted by molar-refractivity contribution is 5.84. The SMILES string of the molecule is Cc1ccc(NC(=O)O[C@H](c2ccc(OCCO)cc2)[C@H](C)CC/C=C/C(=O)O)cc1. The van der Waals surface area contributed by atoms with Gasteiger partial charge in [0.25, 0.3) is 0 Å². The Morgan fingerprint density at radius 3 is 2.39 bits per heavy atom. The largest absolute Gasteiger partial charge is 0.491 e. The Labute approximate surface area is 182 Å². The number of hydrogen-bond acceptors (Lipinski definition) is 5. The van der Waals surface area contributed by atoms with Gasteiger partial charge in [-0.2, -0.15) is 0 Å². The number of aryl methyl sites for hydroxylation is 1. The third-order valence-corrected chi connectivity index (χ3v) is 4.67. The number of benzene rings is 2. The number of aliphatic carboxylic acids is 1. The van der Waals surface area contributed by atoms with E-state index in [0.717, 1.165) is 17.2 Å². The number of hydrogen-bond donors (Lipinski definition) is 3. The van der Waals surface area contributed by atoms with Crippen LogP contribution in [0.4, 0.5) is 10.5 Å². The molecule has 1 amide bonds. The molecule has 3 N–H and O–H groups in total. The summed E-state index contributed by atoms with van der Waals surface area (Å²) in [7, 11) is 0. The van der Waals surface area contributed by atoms with Crippen LogP contribution in [-0.2, 0) is 9.53 Å². The minimum absolute atomic E-state index is 0.0635. The van der Waals surface area contributed by atoms with Gasteiger partial charge in [0, 0.05) is 11.8 Å². The van der Waals surface area contributed by atoms with Gasteiger partial charge in [0.1, 0.15) is 18.5 Å². The quantitative estimate of drug-likeness (QED) is 0.449. The molecule has 0 saturated carbocycles. The summed E-state index contributed by atoms with van der Waals surface area (Å²) in [4.78, 5) is 23.2. The molecule has 0 fully saturated rings. The molecule has 0 aromatic heterocycles. The lowest BCUT2D eigenvalue weighted by atomic mass is 9.93. The van der Waals surface area contributed by atoms with E-state index >= 15 is 0 Å². The van der Waals surface area contributed by atoms with Crippen LogP contribution in [0.15, 0.2) is 60.7 Å². The summed E-state index contributed by atoms with van der Waals surface area (Å²) in [5.41, 5.74) is 2.52. The fraction of sp³-hybridized carbons (Fsp3) is 0.333. The minimum atomic E-state index is -0.989. The van der Waals surface area contributed by atoms with Crippen molar-refractivity contribution in [3.05, 3.63) is 71.8 Å². The number of allylic oxidation sites excluding steroid dienone is 1. The summed E-state index contributed by atoms with van der Waals surface area (Å²) in [5, 5.41) is 20.4. The first-order valence-electron chi connectivity index (χ1n) is 10.2. The maximum Gasteiger partial charge on any atom is 0.412 e. The highest BCUT2D eigenvalue weighted by atomic mass is 16.6. The third kappa shape index (κ3) is 8.52. The van der Waals surface area contributed by atoms with Crippen LogP contribution in [0.5, 0.6) is 5.75 Å². The molecule has 31 heavy (non-hydrogen) atoms. The van der Waals surface area contributed by atoms with Crippen molar-refractivity contribution >= 4 is 17.7 Å². The molecule has 2 atom stereocenters. The lowest BCUT2D eigenvalue weighted by Crippen LogP contribution is -2.22. The van der Waals surface area contributed by atoms with Crippen molar-refractivity contribution in [3.63, 3.8) is 0 Å². The smallest absolute Gasteiger partial charge is 0.412 e. The maximum atomic E-state index is 12.5. The van der Waals surface area contributed by atoms with Crippen LogP contribution in [-0.4, -0.2) is 35.5 Å². The Morgan fingerprint density at radius 1 is 1.10 bits per heavy atom. The summed E-state index contributed by atoms with van der Waals surface area (Å²) in [6.07, 6.45) is 2.78. The molecule has 0 heterocycles. The van der Waals surface area contributed by atoms with Crippen molar-refractivity contribution in [2.24, 2.45) is 5.92 Å². The number of carbonyl (C=O) groups is 2. The number of aliphatic hydroxyl groups excluding tert-OH is 1. The van der Waals surface area contributed by atoms with E-state index in [9.17, 15) is 9.59 Å². The van der Waals surface area contributed by atoms with Gasteiger partial charge in [0.05, 0.1) is 6.61 Å². The fourth-order valence-corrected chi connectivity index (χ4v) is 3.02. The molecule has 0 aliphatic rings. The van der Waals surface area contributed by atoms with Gasteiger partial charge in [-0.1, -0.05) is 42.8 Å². The molecule has 7 heteroatoms. The predicted octanol–water partition coefficient (Wildman–Crippen LogP) is 4.71. The second kappa shape index (κ2) is 12.4. The maximum absolute atomic E-state index is 12.5. The van der Waals surface area contributed by atoms with Gasteiger partial charge in [0.15, 0.2) is 0 Å². The number of ether oxygens (including phenoxy) is 2. The number of carbonyl (C=O) groups excluding carboxylic acids is 1. The zero-order valence-electron chi connectivity index (χ0n) is 17.8. The first-order valence-corrected chi connectivity index (χ1v) is 10.2. The van der Waals surface area contributed by atoms with E-state index in [1.54, 1.807) is 30.3 Å². The number of rotatable bonds is 11. The average molecular weight is 427 g/mol. The Bertz CT molecular complexity index is 861. The second-order valence-electron chi connectivity index (χ2n) is 7.25. The van der Waals surface area contributed by atoms with Crippen LogP contribution in [0, 0.1) is 12.8 Å². The van der Waals surface area contributed by atoms with Crippen LogP contribution < -0.4 is 10.1 Å². The van der Waals surface area contributed by atoms with Gasteiger partial charge in [0.2, 0.25) is 0 Å². The number of amides is 1. The van der Waals surface area contributed by atoms with Crippen LogP contribution >= 0.6 is 0 Å². The highest BCUT2D eigenvalue weighted by Crippen LogP contribution is 2.31. The molecule has 0 radical (unpaired) electrons. The van der Waals surface area contributed by atoms with E-state index in [-0.39, 0.29) is 19.1 Å². The van der Waals surface area contributed by atoms with E-state index in [1.165, 1.54) is 0 Å². The molecule has 2 aromatic rings. The molecule has 2 rings (SSSR count). The molecule has 0 saturated heterocycles. The van der Waals surface area contributed by atoms with Crippen molar-refractivity contribution in [1.29, 1.82) is 0 Å². The van der Waals surface area contributed by atoms with Crippen LogP contribution in [0.1, 0.15) is 37.0 Å². The average Bonchev–Trinajstić information content (AvgIpc) is 2.75. The Hall–Kier alpha value is -3.32. The molecule has 7 nitrogen and oxygen atoms in total. The molecular weight excluding hydrogens is 398 g/mol. The number of carboxylic acids is 1. The lowest BCUT2D eigenvalue weighted by molar-refractivity contribution is -0.131. The fourth-order valence-electron chi connectivity index (χ4n) is 3.02. The van der Waals surface area contributed by atoms with E-state index in [2.05, 4.69) is 5.32 Å². The van der Waals surface area contributed by atoms with Crippen LogP contribution in [0.3, 0.4) is 0 Å². The van der Waals surface area contributed by atoms with Crippen molar-refractivity contribution in [2.45, 2.75) is 32.8 Å². The molecule has 0 bridgehead atoms. The van der Waals surface area contributed by atoms with Gasteiger partial charge in [-0.3, -0.25) is 5.32 Å². The van der Waals surface area contributed by atoms with Crippen molar-refractivity contribution < 1.29 is 29.3 Å². The summed E-state index contributed by atoms with van der Waals surface area (Å²) in [6, 6.07) is 14.6. The zero-order chi connectivity index (χ0) is 22.6. The normalized spacial score (nSPS) is 12.9. The Kier molecular flexibility index (Phi) is 9.58. The van der Waals surface area contributed by atoms with Crippen LogP contribution in [0.25, 0.3) is 0 Å². The van der Waals surface area contributed by atoms with Gasteiger partial charge >= 0.3 is 12.1 Å². The second-order valence-corrected chi connectivity index (χ2v) is 7.25. The van der Waals surface area contributed by atoms with E-state index in [0.29, 0.717) is 24.3 Å². The number of nitrogens with one attached hydrogen (secondary N) is 1. The highest BCUT2D eigenvalue weighted by Gasteiger charge is 2.23.